The highest BCUT2D eigenvalue weighted by atomic mass is 79.9. The fourth-order valence-electron chi connectivity index (χ4n) is 6.72. The second-order valence-electron chi connectivity index (χ2n) is 17.8. The highest BCUT2D eigenvalue weighted by molar-refractivity contribution is 9.08. The molecule has 420 valence electrons. The van der Waals surface area contributed by atoms with Crippen molar-refractivity contribution in [2.24, 2.45) is 5.73 Å². The SMILES string of the molecule is C=C(C)C(=C)CCCCCC(=O)c1cc[n+](Cc2ccccc2B(O)O)cc1.C=C(C)C(=O)CCCCCC(=O)c1ccncc1.C=C(C)C(=O)CCCCN.O=C(O)c1ccncc1.OB(O)c1ccccc1CBr.[Br-].[PH2-]. The standard InChI is InChI=1S/C23H29BNO3.C15H19NO2.C8H15NO.C7H8BBrO2.C6H5NO2.BrH.H2P/c1-18(2)19(3)9-5-4-6-12-23(26)20-13-15-25(16-14-20)17-21-10-7-8-11-22(21)24(27)28;1-12(2)14(17)6-4-3-5-7-15(18)13-8-10-16-11-9-13;1-7(2)8(10)5-3-4-6-9;9-5-6-3-1-2-4-7(6)8(10)11;8-6(9)5-1-3-7-4-2-5;;/h7-8,10-11,13-16,27-28H,1,3-6,9,12,17H2,2H3;8-11H,1,3-7H2,2H3;1,3-6,9H2,2H3;1-4,10-11H,5H2;1-4H,(H,8,9);1H;1H2/q+1;;;;;;-1/p-1. The normalized spacial score (nSPS) is 9.71. The largest absolute Gasteiger partial charge is 1.00 e. The molecule has 14 nitrogen and oxygen atoms in total. The van der Waals surface area contributed by atoms with Gasteiger partial charge < -0.3 is 57.8 Å². The van der Waals surface area contributed by atoms with Crippen LogP contribution in [0, 0.1) is 0 Å². The van der Waals surface area contributed by atoms with Crippen LogP contribution in [-0.2, 0) is 21.5 Å². The van der Waals surface area contributed by atoms with E-state index in [9.17, 15) is 34.0 Å². The molecule has 3 heterocycles. The van der Waals surface area contributed by atoms with Gasteiger partial charge in [-0.3, -0.25) is 29.1 Å². The maximum Gasteiger partial charge on any atom is 0.488 e. The predicted octanol–water partition coefficient (Wildman–Crippen LogP) is 5.96. The van der Waals surface area contributed by atoms with Gasteiger partial charge in [-0.15, -0.1) is 0 Å². The van der Waals surface area contributed by atoms with Crippen molar-refractivity contribution in [3.8, 4) is 0 Å². The van der Waals surface area contributed by atoms with E-state index in [0.29, 0.717) is 77.3 Å². The van der Waals surface area contributed by atoms with Gasteiger partial charge >= 0.3 is 20.2 Å². The van der Waals surface area contributed by atoms with E-state index in [-0.39, 0.29) is 55.6 Å². The Hall–Kier alpha value is -5.68. The second-order valence-corrected chi connectivity index (χ2v) is 18.4. The lowest BCUT2D eigenvalue weighted by Gasteiger charge is -2.06. The number of unbranched alkanes of at least 4 members (excludes halogenated alkanes) is 5. The lowest BCUT2D eigenvalue weighted by Crippen LogP contribution is -3.00. The van der Waals surface area contributed by atoms with E-state index in [2.05, 4.69) is 52.2 Å². The van der Waals surface area contributed by atoms with E-state index < -0.39 is 20.2 Å². The van der Waals surface area contributed by atoms with Crippen molar-refractivity contribution in [3.05, 3.63) is 199 Å². The van der Waals surface area contributed by atoms with E-state index >= 15 is 0 Å². The number of pyridine rings is 3. The Bertz CT molecular complexity index is 2610. The van der Waals surface area contributed by atoms with Crippen LogP contribution in [0.25, 0.3) is 0 Å². The van der Waals surface area contributed by atoms with Gasteiger partial charge in [0.15, 0.2) is 42.1 Å². The van der Waals surface area contributed by atoms with Gasteiger partial charge in [-0.2, -0.15) is 0 Å². The zero-order valence-electron chi connectivity index (χ0n) is 45.4. The van der Waals surface area contributed by atoms with Gasteiger partial charge in [-0.05, 0) is 124 Å². The molecule has 0 radical (unpaired) electrons. The number of hydrogen-bond acceptors (Lipinski definition) is 12. The third-order valence-corrected chi connectivity index (χ3v) is 12.0. The van der Waals surface area contributed by atoms with E-state index in [1.54, 1.807) is 62.6 Å². The summed E-state index contributed by atoms with van der Waals surface area (Å²) in [5.74, 6) is -0.345. The molecule has 7 N–H and O–H groups in total. The number of rotatable bonds is 27. The number of nitrogens with zero attached hydrogens (tertiary/aromatic N) is 3. The summed E-state index contributed by atoms with van der Waals surface area (Å²) in [6, 6.07) is 24.4. The van der Waals surface area contributed by atoms with Crippen LogP contribution in [0.3, 0.4) is 0 Å². The molecule has 0 aliphatic heterocycles. The number of aromatic carboxylic acids is 1. The van der Waals surface area contributed by atoms with Crippen LogP contribution in [0.5, 0.6) is 0 Å². The number of carbonyl (C=O) groups excluding carboxylic acids is 4. The zero-order valence-corrected chi connectivity index (χ0v) is 49.7. The molecular formula is C59H78B2Br2N4O10P-. The Morgan fingerprint density at radius 3 is 1.31 bits per heavy atom. The first kappa shape index (κ1) is 74.4. The molecule has 78 heavy (non-hydrogen) atoms. The number of halogens is 2. The number of carboxylic acid groups (broad SMARTS) is 1. The lowest BCUT2D eigenvalue weighted by atomic mass is 9.77. The number of nitrogens with two attached hydrogens (primary N) is 1. The lowest BCUT2D eigenvalue weighted by molar-refractivity contribution is -0.688. The average molecular weight is 1220 g/mol. The Balaban J connectivity index is 0. The maximum absolute atomic E-state index is 12.4. The van der Waals surface area contributed by atoms with Crippen molar-refractivity contribution in [2.45, 2.75) is 116 Å². The number of ketones is 4. The molecule has 0 spiro atoms. The Kier molecular flexibility index (Phi) is 42.2. The summed E-state index contributed by atoms with van der Waals surface area (Å²) in [5.41, 5.74) is 13.1. The number of allylic oxidation sites excluding steroid dienone is 4. The maximum atomic E-state index is 12.4. The van der Waals surface area contributed by atoms with Crippen LogP contribution in [0.2, 0.25) is 0 Å². The quantitative estimate of drug-likeness (QED) is 0.00521. The summed E-state index contributed by atoms with van der Waals surface area (Å²) in [4.78, 5) is 64.0. The average Bonchev–Trinajstić information content (AvgIpc) is 3.41. The molecule has 0 fully saturated rings. The Morgan fingerprint density at radius 1 is 0.538 bits per heavy atom. The highest BCUT2D eigenvalue weighted by Crippen LogP contribution is 2.16. The first-order valence-electron chi connectivity index (χ1n) is 25.2. The van der Waals surface area contributed by atoms with Gasteiger partial charge in [0.1, 0.15) is 0 Å². The van der Waals surface area contributed by atoms with Gasteiger partial charge in [0.2, 0.25) is 0 Å². The van der Waals surface area contributed by atoms with Crippen molar-refractivity contribution in [3.63, 3.8) is 0 Å². The number of carboxylic acids is 1. The third kappa shape index (κ3) is 32.9. The van der Waals surface area contributed by atoms with E-state index in [1.165, 1.54) is 24.5 Å². The van der Waals surface area contributed by atoms with Gasteiger partial charge in [0.05, 0.1) is 5.56 Å². The summed E-state index contributed by atoms with van der Waals surface area (Å²) in [6.45, 7) is 21.7. The molecule has 0 saturated heterocycles. The van der Waals surface area contributed by atoms with Crippen molar-refractivity contribution < 1.29 is 70.7 Å². The van der Waals surface area contributed by atoms with Crippen LogP contribution < -0.4 is 38.2 Å². The molecule has 5 aromatic rings. The molecule has 19 heteroatoms. The molecule has 0 saturated carbocycles. The minimum atomic E-state index is -1.50. The van der Waals surface area contributed by atoms with Crippen molar-refractivity contribution in [2.75, 3.05) is 6.54 Å². The number of Topliss-reactive ketones (excluding diaryl/α,β-unsaturated/α-hetero) is 4. The Morgan fingerprint density at radius 2 is 0.923 bits per heavy atom. The van der Waals surface area contributed by atoms with Crippen LogP contribution in [0.4, 0.5) is 0 Å². The van der Waals surface area contributed by atoms with Crippen LogP contribution in [0.15, 0.2) is 171 Å². The predicted molar refractivity (Wildman–Crippen MR) is 317 cm³/mol. The number of benzene rings is 2. The van der Waals surface area contributed by atoms with Crippen LogP contribution in [-0.4, -0.2) is 85.1 Å². The van der Waals surface area contributed by atoms with Gasteiger partial charge in [0.25, 0.3) is 0 Å². The summed E-state index contributed by atoms with van der Waals surface area (Å²) in [6.07, 6.45) is 20.3. The summed E-state index contributed by atoms with van der Waals surface area (Å²) >= 11 is 3.25. The zero-order chi connectivity index (χ0) is 56.8. The molecular weight excluding hydrogens is 1140 g/mol. The molecule has 0 bridgehead atoms. The monoisotopic (exact) mass is 1210 g/mol. The summed E-state index contributed by atoms with van der Waals surface area (Å²) in [5, 5.41) is 45.7. The molecule has 5 rings (SSSR count). The fraction of sp³-hybridized carbons (Fsp3) is 0.322. The molecule has 3 aromatic heterocycles. The molecule has 0 aliphatic carbocycles. The molecule has 0 amide bonds. The minimum absolute atomic E-state index is 0. The molecule has 0 unspecified atom stereocenters. The third-order valence-electron chi connectivity index (χ3n) is 11.4. The summed E-state index contributed by atoms with van der Waals surface area (Å²) < 4.78 is 1.92. The fourth-order valence-corrected chi connectivity index (χ4v) is 7.23. The van der Waals surface area contributed by atoms with E-state index in [1.807, 2.05) is 60.3 Å². The van der Waals surface area contributed by atoms with Gasteiger partial charge in [0, 0.05) is 84.6 Å². The molecule has 0 atom stereocenters. The van der Waals surface area contributed by atoms with E-state index in [0.717, 1.165) is 80.1 Å². The van der Waals surface area contributed by atoms with Crippen molar-refractivity contribution in [1.82, 2.24) is 9.97 Å². The van der Waals surface area contributed by atoms with E-state index in [4.69, 9.17) is 20.9 Å². The minimum Gasteiger partial charge on any atom is -1.00 e. The number of aromatic nitrogens is 3. The highest BCUT2D eigenvalue weighted by Gasteiger charge is 2.18. The first-order chi connectivity index (χ1) is 36.2. The number of alkyl halides is 1. The van der Waals surface area contributed by atoms with Crippen molar-refractivity contribution in [1.29, 1.82) is 0 Å². The Labute approximate surface area is 485 Å². The van der Waals surface area contributed by atoms with Gasteiger partial charge in [-0.25, -0.2) is 9.36 Å². The van der Waals surface area contributed by atoms with Crippen LogP contribution in [0.1, 0.15) is 146 Å². The van der Waals surface area contributed by atoms with Crippen molar-refractivity contribution >= 4 is 80.1 Å². The van der Waals surface area contributed by atoms with Gasteiger partial charge in [-0.1, -0.05) is 115 Å². The topological polar surface area (TPSA) is 242 Å². The van der Waals surface area contributed by atoms with Crippen LogP contribution >= 0.6 is 25.8 Å². The first-order valence-corrected chi connectivity index (χ1v) is 26.3. The number of hydrogen-bond donors (Lipinski definition) is 6. The smallest absolute Gasteiger partial charge is 0.488 e. The molecule has 0 aliphatic rings. The second kappa shape index (κ2) is 44.2. The summed E-state index contributed by atoms with van der Waals surface area (Å²) in [7, 11) is -2.87. The number of carbonyl (C=O) groups is 5. The molecule has 2 aromatic carbocycles.